The molecule has 1 aliphatic rings. The molecule has 1 aromatic heterocycles. The summed E-state index contributed by atoms with van der Waals surface area (Å²) in [5.41, 5.74) is 1.20. The lowest BCUT2D eigenvalue weighted by Crippen LogP contribution is -2.34. The van der Waals surface area contributed by atoms with Crippen LogP contribution in [0.4, 0.5) is 16.4 Å². The Balaban J connectivity index is 1.49. The number of urea groups is 1. The zero-order valence-corrected chi connectivity index (χ0v) is 14.6. The van der Waals surface area contributed by atoms with Crippen molar-refractivity contribution in [1.29, 1.82) is 0 Å². The molecule has 132 valence electrons. The number of carbonyl (C=O) groups excluding carboxylic acids is 1. The number of hydrogen-bond donors (Lipinski definition) is 2. The van der Waals surface area contributed by atoms with E-state index < -0.39 is 0 Å². The maximum atomic E-state index is 12.0. The van der Waals surface area contributed by atoms with Gasteiger partial charge in [-0.1, -0.05) is 37.3 Å². The predicted molar refractivity (Wildman–Crippen MR) is 99.8 cm³/mol. The van der Waals surface area contributed by atoms with Crippen LogP contribution in [-0.2, 0) is 6.42 Å². The van der Waals surface area contributed by atoms with Crippen LogP contribution >= 0.6 is 0 Å². The SMILES string of the molecule is CC1CCN(c2cc(NC(=O)NCCc3ccccc3)ncn2)CC1. The Labute approximate surface area is 148 Å². The van der Waals surface area contributed by atoms with Crippen molar-refractivity contribution in [2.24, 2.45) is 5.92 Å². The highest BCUT2D eigenvalue weighted by atomic mass is 16.2. The average molecular weight is 339 g/mol. The molecule has 3 rings (SSSR count). The molecule has 0 bridgehead atoms. The van der Waals surface area contributed by atoms with Gasteiger partial charge in [-0.25, -0.2) is 14.8 Å². The smallest absolute Gasteiger partial charge is 0.320 e. The Morgan fingerprint density at radius 2 is 1.96 bits per heavy atom. The molecule has 0 unspecified atom stereocenters. The fourth-order valence-electron chi connectivity index (χ4n) is 2.95. The van der Waals surface area contributed by atoms with E-state index >= 15 is 0 Å². The number of carbonyl (C=O) groups is 1. The molecular formula is C19H25N5O. The van der Waals surface area contributed by atoms with Gasteiger partial charge in [0.1, 0.15) is 18.0 Å². The van der Waals surface area contributed by atoms with Crippen LogP contribution in [0, 0.1) is 5.92 Å². The Morgan fingerprint density at radius 1 is 1.20 bits per heavy atom. The van der Waals surface area contributed by atoms with Crippen LogP contribution in [-0.4, -0.2) is 35.6 Å². The molecule has 2 N–H and O–H groups in total. The normalized spacial score (nSPS) is 15.0. The summed E-state index contributed by atoms with van der Waals surface area (Å²) < 4.78 is 0. The van der Waals surface area contributed by atoms with Crippen molar-refractivity contribution in [2.75, 3.05) is 29.9 Å². The molecule has 0 aliphatic carbocycles. The van der Waals surface area contributed by atoms with Gasteiger partial charge in [0.2, 0.25) is 0 Å². The lowest BCUT2D eigenvalue weighted by molar-refractivity contribution is 0.252. The lowest BCUT2D eigenvalue weighted by Gasteiger charge is -2.31. The Hall–Kier alpha value is -2.63. The zero-order chi connectivity index (χ0) is 17.5. The third-order valence-electron chi connectivity index (χ3n) is 4.54. The van der Waals surface area contributed by atoms with Gasteiger partial charge in [0, 0.05) is 25.7 Å². The summed E-state index contributed by atoms with van der Waals surface area (Å²) in [5, 5.41) is 5.65. The highest BCUT2D eigenvalue weighted by Gasteiger charge is 2.17. The minimum absolute atomic E-state index is 0.243. The number of aromatic nitrogens is 2. The maximum absolute atomic E-state index is 12.0. The monoisotopic (exact) mass is 339 g/mol. The molecule has 2 amide bonds. The number of piperidine rings is 1. The van der Waals surface area contributed by atoms with Crippen molar-refractivity contribution in [3.8, 4) is 0 Å². The van der Waals surface area contributed by atoms with Crippen LogP contribution in [0.1, 0.15) is 25.3 Å². The molecule has 2 aromatic rings. The van der Waals surface area contributed by atoms with E-state index in [0.29, 0.717) is 12.4 Å². The van der Waals surface area contributed by atoms with Crippen molar-refractivity contribution >= 4 is 17.7 Å². The minimum atomic E-state index is -0.243. The van der Waals surface area contributed by atoms with Crippen molar-refractivity contribution < 1.29 is 4.79 Å². The number of nitrogens with zero attached hydrogens (tertiary/aromatic N) is 3. The first-order valence-corrected chi connectivity index (χ1v) is 8.86. The molecule has 6 nitrogen and oxygen atoms in total. The summed E-state index contributed by atoms with van der Waals surface area (Å²) >= 11 is 0. The van der Waals surface area contributed by atoms with Crippen LogP contribution in [0.25, 0.3) is 0 Å². The van der Waals surface area contributed by atoms with Crippen LogP contribution in [0.3, 0.4) is 0 Å². The second kappa shape index (κ2) is 8.46. The number of benzene rings is 1. The summed E-state index contributed by atoms with van der Waals surface area (Å²) in [6.45, 7) is 4.86. The Morgan fingerprint density at radius 3 is 2.72 bits per heavy atom. The molecule has 0 spiro atoms. The van der Waals surface area contributed by atoms with Gasteiger partial charge in [0.05, 0.1) is 0 Å². The summed E-state index contributed by atoms with van der Waals surface area (Å²) in [5.74, 6) is 2.17. The Bertz CT molecular complexity index is 683. The first-order valence-electron chi connectivity index (χ1n) is 8.86. The minimum Gasteiger partial charge on any atom is -0.356 e. The van der Waals surface area contributed by atoms with Crippen LogP contribution < -0.4 is 15.5 Å². The summed E-state index contributed by atoms with van der Waals surface area (Å²) in [6, 6.07) is 11.7. The molecule has 1 aliphatic heterocycles. The average Bonchev–Trinajstić information content (AvgIpc) is 2.63. The largest absolute Gasteiger partial charge is 0.356 e. The second-order valence-electron chi connectivity index (χ2n) is 6.55. The van der Waals surface area contributed by atoms with Gasteiger partial charge < -0.3 is 10.2 Å². The van der Waals surface area contributed by atoms with E-state index in [0.717, 1.165) is 31.2 Å². The maximum Gasteiger partial charge on any atom is 0.320 e. The summed E-state index contributed by atoms with van der Waals surface area (Å²) in [4.78, 5) is 22.8. The Kier molecular flexibility index (Phi) is 5.82. The highest BCUT2D eigenvalue weighted by Crippen LogP contribution is 2.22. The van der Waals surface area contributed by atoms with Gasteiger partial charge in [-0.05, 0) is 30.7 Å². The van der Waals surface area contributed by atoms with Crippen molar-refractivity contribution in [3.63, 3.8) is 0 Å². The molecular weight excluding hydrogens is 314 g/mol. The van der Waals surface area contributed by atoms with Crippen LogP contribution in [0.15, 0.2) is 42.7 Å². The van der Waals surface area contributed by atoms with E-state index in [1.165, 1.54) is 24.7 Å². The number of rotatable bonds is 5. The summed E-state index contributed by atoms with van der Waals surface area (Å²) in [7, 11) is 0. The fraction of sp³-hybridized carbons (Fsp3) is 0.421. The molecule has 1 aromatic carbocycles. The lowest BCUT2D eigenvalue weighted by atomic mass is 9.99. The van der Waals surface area contributed by atoms with E-state index in [9.17, 15) is 4.79 Å². The van der Waals surface area contributed by atoms with Crippen LogP contribution in [0.5, 0.6) is 0 Å². The number of anilines is 2. The number of nitrogens with one attached hydrogen (secondary N) is 2. The molecule has 2 heterocycles. The zero-order valence-electron chi connectivity index (χ0n) is 14.6. The molecule has 0 atom stereocenters. The van der Waals surface area contributed by atoms with Gasteiger partial charge in [0.15, 0.2) is 0 Å². The quantitative estimate of drug-likeness (QED) is 0.878. The van der Waals surface area contributed by atoms with Gasteiger partial charge in [-0.15, -0.1) is 0 Å². The first-order chi connectivity index (χ1) is 12.2. The predicted octanol–water partition coefficient (Wildman–Crippen LogP) is 3.08. The van der Waals surface area contributed by atoms with E-state index in [1.807, 2.05) is 24.3 Å². The van der Waals surface area contributed by atoms with Crippen molar-refractivity contribution in [3.05, 3.63) is 48.3 Å². The first kappa shape index (κ1) is 17.2. The molecule has 1 fully saturated rings. The van der Waals surface area contributed by atoms with E-state index in [2.05, 4.69) is 44.6 Å². The fourth-order valence-corrected chi connectivity index (χ4v) is 2.95. The topological polar surface area (TPSA) is 70.2 Å². The molecule has 25 heavy (non-hydrogen) atoms. The second-order valence-corrected chi connectivity index (χ2v) is 6.55. The highest BCUT2D eigenvalue weighted by molar-refractivity contribution is 5.88. The van der Waals surface area contributed by atoms with E-state index in [1.54, 1.807) is 0 Å². The van der Waals surface area contributed by atoms with Crippen LogP contribution in [0.2, 0.25) is 0 Å². The number of hydrogen-bond acceptors (Lipinski definition) is 4. The van der Waals surface area contributed by atoms with Gasteiger partial charge >= 0.3 is 6.03 Å². The number of amides is 2. The standard InChI is InChI=1S/C19H25N5O/c1-15-8-11-24(12-9-15)18-13-17(21-14-22-18)23-19(25)20-10-7-16-5-3-2-4-6-16/h2-6,13-15H,7-12H2,1H3,(H2,20,21,22,23,25). The third kappa shape index (κ3) is 5.17. The molecule has 6 heteroatoms. The molecule has 1 saturated heterocycles. The van der Waals surface area contributed by atoms with E-state index in [4.69, 9.17) is 0 Å². The third-order valence-corrected chi connectivity index (χ3v) is 4.54. The van der Waals surface area contributed by atoms with Gasteiger partial charge in [-0.2, -0.15) is 0 Å². The van der Waals surface area contributed by atoms with Crippen molar-refractivity contribution in [2.45, 2.75) is 26.2 Å². The van der Waals surface area contributed by atoms with Crippen molar-refractivity contribution in [1.82, 2.24) is 15.3 Å². The summed E-state index contributed by atoms with van der Waals surface area (Å²) in [6.07, 6.45) is 4.65. The van der Waals surface area contributed by atoms with Gasteiger partial charge in [-0.3, -0.25) is 5.32 Å². The molecule has 0 saturated carbocycles. The molecule has 0 radical (unpaired) electrons. The van der Waals surface area contributed by atoms with Gasteiger partial charge in [0.25, 0.3) is 0 Å². The van der Waals surface area contributed by atoms with E-state index in [-0.39, 0.29) is 6.03 Å².